The average Bonchev–Trinajstić information content (AvgIpc) is 2.57. The molecule has 0 atom stereocenters. The number of benzene rings is 2. The first-order chi connectivity index (χ1) is 11.7. The number of nitrogens with zero attached hydrogens (tertiary/aromatic N) is 2. The molecule has 0 aliphatic rings. The van der Waals surface area contributed by atoms with Crippen LogP contribution in [0.2, 0.25) is 0 Å². The van der Waals surface area contributed by atoms with E-state index in [-0.39, 0.29) is 0 Å². The molecule has 3 rings (SSSR count). The molecular formula is C23H25N2+. The Morgan fingerprint density at radius 3 is 2.36 bits per heavy atom. The van der Waals surface area contributed by atoms with Crippen LogP contribution < -0.4 is 4.57 Å². The van der Waals surface area contributed by atoms with Crippen LogP contribution in [0.5, 0.6) is 0 Å². The topological polar surface area (TPSA) is 8.24 Å². The second kappa shape index (κ2) is 6.01. The van der Waals surface area contributed by atoms with E-state index >= 15 is 0 Å². The van der Waals surface area contributed by atoms with Crippen LogP contribution in [-0.4, -0.2) is 0 Å². The van der Waals surface area contributed by atoms with Crippen LogP contribution in [0.15, 0.2) is 42.6 Å². The third kappa shape index (κ3) is 3.03. The normalized spacial score (nSPS) is 11.6. The molecule has 0 fully saturated rings. The average molecular weight is 329 g/mol. The van der Waals surface area contributed by atoms with Crippen LogP contribution in [0.3, 0.4) is 0 Å². The van der Waals surface area contributed by atoms with Gasteiger partial charge in [0.15, 0.2) is 6.20 Å². The highest BCUT2D eigenvalue weighted by molar-refractivity contribution is 5.85. The third-order valence-electron chi connectivity index (χ3n) is 5.17. The summed E-state index contributed by atoms with van der Waals surface area (Å²) in [5.74, 6) is 0. The van der Waals surface area contributed by atoms with Gasteiger partial charge < -0.3 is 4.85 Å². The quantitative estimate of drug-likeness (QED) is 0.439. The van der Waals surface area contributed by atoms with Crippen molar-refractivity contribution in [1.82, 2.24) is 0 Å². The summed E-state index contributed by atoms with van der Waals surface area (Å²) in [6, 6.07) is 13.1. The van der Waals surface area contributed by atoms with Gasteiger partial charge in [0.2, 0.25) is 5.69 Å². The van der Waals surface area contributed by atoms with E-state index in [1.807, 2.05) is 13.8 Å². The highest BCUT2D eigenvalue weighted by atomic mass is 14.9. The van der Waals surface area contributed by atoms with E-state index in [0.29, 0.717) is 0 Å². The van der Waals surface area contributed by atoms with Crippen molar-refractivity contribution in [3.05, 3.63) is 76.3 Å². The lowest BCUT2D eigenvalue weighted by atomic mass is 9.92. The lowest BCUT2D eigenvalue weighted by Crippen LogP contribution is -2.30. The molecule has 25 heavy (non-hydrogen) atoms. The summed E-state index contributed by atoms with van der Waals surface area (Å²) in [7, 11) is 2.10. The van der Waals surface area contributed by atoms with Crippen molar-refractivity contribution in [3.8, 4) is 11.3 Å². The molecule has 0 aliphatic heterocycles. The molecule has 2 heteroatoms. The van der Waals surface area contributed by atoms with Gasteiger partial charge in [-0.3, -0.25) is 0 Å². The van der Waals surface area contributed by atoms with Gasteiger partial charge in [0, 0.05) is 36.4 Å². The van der Waals surface area contributed by atoms with Gasteiger partial charge >= 0.3 is 0 Å². The van der Waals surface area contributed by atoms with Crippen LogP contribution in [0.1, 0.15) is 36.1 Å². The molecule has 1 heterocycles. The molecule has 126 valence electrons. The number of aryl methyl sites for hydroxylation is 3. The molecule has 2 nitrogen and oxygen atoms in total. The third-order valence-corrected chi connectivity index (χ3v) is 5.17. The molecule has 0 amide bonds. The Morgan fingerprint density at radius 2 is 1.68 bits per heavy atom. The molecule has 0 N–H and O–H groups in total. The van der Waals surface area contributed by atoms with Gasteiger partial charge in [-0.25, -0.2) is 11.1 Å². The van der Waals surface area contributed by atoms with Gasteiger partial charge in [0.05, 0.1) is 0 Å². The summed E-state index contributed by atoms with van der Waals surface area (Å²) < 4.78 is 2.20. The predicted octanol–water partition coefficient (Wildman–Crippen LogP) is 5.41. The first-order valence-corrected chi connectivity index (χ1v) is 8.63. The largest absolute Gasteiger partial charge is 0.306 e. The lowest BCUT2D eigenvalue weighted by Gasteiger charge is -2.13. The first-order valence-electron chi connectivity index (χ1n) is 8.63. The molecule has 0 spiro atoms. The lowest BCUT2D eigenvalue weighted by molar-refractivity contribution is -0.659. The van der Waals surface area contributed by atoms with E-state index < -0.39 is 5.54 Å². The van der Waals surface area contributed by atoms with Gasteiger partial charge in [0.25, 0.3) is 5.54 Å². The number of rotatable bonds is 2. The van der Waals surface area contributed by atoms with Crippen molar-refractivity contribution >= 4 is 10.8 Å². The second-order valence-corrected chi connectivity index (χ2v) is 7.54. The number of aromatic nitrogens is 1. The maximum absolute atomic E-state index is 7.46. The molecule has 2 aromatic carbocycles. The van der Waals surface area contributed by atoms with Crippen LogP contribution in [0, 0.1) is 27.3 Å². The zero-order valence-electron chi connectivity index (χ0n) is 15.9. The zero-order chi connectivity index (χ0) is 18.4. The second-order valence-electron chi connectivity index (χ2n) is 7.54. The van der Waals surface area contributed by atoms with Gasteiger partial charge in [-0.05, 0) is 55.5 Å². The van der Waals surface area contributed by atoms with Crippen LogP contribution >= 0.6 is 0 Å². The minimum absolute atomic E-state index is 0.498. The predicted molar refractivity (Wildman–Crippen MR) is 104 cm³/mol. The molecule has 3 aromatic rings. The molecule has 0 saturated heterocycles. The monoisotopic (exact) mass is 329 g/mol. The van der Waals surface area contributed by atoms with Crippen LogP contribution in [0.4, 0.5) is 0 Å². The fourth-order valence-corrected chi connectivity index (χ4v) is 3.36. The fourth-order valence-electron chi connectivity index (χ4n) is 3.36. The Morgan fingerprint density at radius 1 is 0.960 bits per heavy atom. The van der Waals surface area contributed by atoms with Crippen molar-refractivity contribution in [1.29, 1.82) is 0 Å². The summed E-state index contributed by atoms with van der Waals surface area (Å²) in [4.78, 5) is 3.78. The Hall–Kier alpha value is -2.66. The van der Waals surface area contributed by atoms with E-state index in [1.54, 1.807) is 0 Å². The Kier molecular flexibility index (Phi) is 4.13. The SMILES string of the molecule is [C-]#[N+]C(C)(C)c1ccc2c[n+](C)c(-c3cc(C)cc(C)c3C)cc2c1. The summed E-state index contributed by atoms with van der Waals surface area (Å²) in [6.07, 6.45) is 2.18. The summed E-state index contributed by atoms with van der Waals surface area (Å²) in [6.45, 7) is 17.9. The van der Waals surface area contributed by atoms with Gasteiger partial charge in [-0.2, -0.15) is 0 Å². The van der Waals surface area contributed by atoms with Crippen LogP contribution in [-0.2, 0) is 12.6 Å². The highest BCUT2D eigenvalue weighted by Gasteiger charge is 2.26. The van der Waals surface area contributed by atoms with Gasteiger partial charge in [0.1, 0.15) is 7.05 Å². The van der Waals surface area contributed by atoms with E-state index in [0.717, 1.165) is 5.56 Å². The standard InChI is InChI=1S/C23H25N2/c1-15-10-16(2)17(3)21(11-15)22-13-19-12-20(23(4,5)24-6)9-8-18(19)14-25(22)7/h8-14H,1-5,7H3/q+1. The first kappa shape index (κ1) is 17.2. The minimum Gasteiger partial charge on any atom is -0.306 e. The Balaban J connectivity index is 2.27. The van der Waals surface area contributed by atoms with Crippen molar-refractivity contribution in [2.45, 2.75) is 40.2 Å². The van der Waals surface area contributed by atoms with Crippen LogP contribution in [0.25, 0.3) is 26.9 Å². The fraction of sp³-hybridized carbons (Fsp3) is 0.304. The van der Waals surface area contributed by atoms with Crippen molar-refractivity contribution in [3.63, 3.8) is 0 Å². The van der Waals surface area contributed by atoms with E-state index in [2.05, 4.69) is 79.8 Å². The molecule has 0 bridgehead atoms. The number of hydrogen-bond acceptors (Lipinski definition) is 0. The molecule has 0 radical (unpaired) electrons. The van der Waals surface area contributed by atoms with Gasteiger partial charge in [-0.1, -0.05) is 17.7 Å². The minimum atomic E-state index is -0.498. The molecular weight excluding hydrogens is 304 g/mol. The Labute approximate surface area is 150 Å². The van der Waals surface area contributed by atoms with Crippen molar-refractivity contribution in [2.75, 3.05) is 0 Å². The summed E-state index contributed by atoms with van der Waals surface area (Å²) in [5.41, 5.74) is 6.96. The van der Waals surface area contributed by atoms with Crippen molar-refractivity contribution < 1.29 is 4.57 Å². The zero-order valence-corrected chi connectivity index (χ0v) is 15.9. The van der Waals surface area contributed by atoms with E-state index in [1.165, 1.54) is 38.7 Å². The molecule has 0 aliphatic carbocycles. The highest BCUT2D eigenvalue weighted by Crippen LogP contribution is 2.30. The van der Waals surface area contributed by atoms with E-state index in [4.69, 9.17) is 6.57 Å². The summed E-state index contributed by atoms with van der Waals surface area (Å²) >= 11 is 0. The van der Waals surface area contributed by atoms with E-state index in [9.17, 15) is 0 Å². The number of fused-ring (bicyclic) bond motifs is 1. The van der Waals surface area contributed by atoms with Crippen molar-refractivity contribution in [2.24, 2.45) is 7.05 Å². The Bertz CT molecular complexity index is 1020. The molecule has 0 saturated carbocycles. The van der Waals surface area contributed by atoms with Gasteiger partial charge in [-0.15, -0.1) is 0 Å². The smallest absolute Gasteiger partial charge is 0.252 e. The number of hydrogen-bond donors (Lipinski definition) is 0. The maximum Gasteiger partial charge on any atom is 0.252 e. The summed E-state index contributed by atoms with van der Waals surface area (Å²) in [5, 5.41) is 2.37. The molecule has 0 unspecified atom stereocenters. The number of pyridine rings is 1. The maximum atomic E-state index is 7.46. The molecule has 1 aromatic heterocycles.